The number of carbonyl (C=O) groups is 2. The van der Waals surface area contributed by atoms with E-state index in [1.54, 1.807) is 12.0 Å². The third kappa shape index (κ3) is 3.98. The van der Waals surface area contributed by atoms with Crippen LogP contribution in [-0.4, -0.2) is 49.6 Å². The number of hydrogen-bond acceptors (Lipinski definition) is 3. The molecule has 5 nitrogen and oxygen atoms in total. The van der Waals surface area contributed by atoms with Crippen molar-refractivity contribution >= 4 is 11.8 Å². The van der Waals surface area contributed by atoms with E-state index in [1.807, 2.05) is 6.92 Å². The molecule has 0 unspecified atom stereocenters. The summed E-state index contributed by atoms with van der Waals surface area (Å²) in [7, 11) is 1.62. The highest BCUT2D eigenvalue weighted by Crippen LogP contribution is 2.20. The number of likely N-dealkylation sites (tertiary alicyclic amines) is 1. The Bertz CT molecular complexity index is 294. The van der Waals surface area contributed by atoms with Crippen molar-refractivity contribution in [2.24, 2.45) is 5.92 Å². The zero-order valence-electron chi connectivity index (χ0n) is 11.6. The Morgan fingerprint density at radius 3 is 2.94 bits per heavy atom. The summed E-state index contributed by atoms with van der Waals surface area (Å²) in [5.74, 6) is -0.146. The predicted molar refractivity (Wildman–Crippen MR) is 69.1 cm³/mol. The number of ether oxygens (including phenoxy) is 1. The maximum absolute atomic E-state index is 11.9. The molecule has 0 spiro atoms. The van der Waals surface area contributed by atoms with E-state index in [0.29, 0.717) is 26.1 Å². The van der Waals surface area contributed by atoms with E-state index in [-0.39, 0.29) is 23.8 Å². The molecule has 2 amide bonds. The van der Waals surface area contributed by atoms with Gasteiger partial charge in [-0.3, -0.25) is 9.59 Å². The molecule has 1 rings (SSSR count). The smallest absolute Gasteiger partial charge is 0.225 e. The standard InChI is InChI=1S/C13H24N2O3/c1-4-5-6-14-13(17)11-7-12(16)15(8-11)10(2)9-18-3/h10-11H,4-9H2,1-3H3,(H,14,17)/t10-,11+/m0/s1. The van der Waals surface area contributed by atoms with E-state index in [2.05, 4.69) is 12.2 Å². The number of hydrogen-bond donors (Lipinski definition) is 1. The van der Waals surface area contributed by atoms with Gasteiger partial charge in [0.25, 0.3) is 0 Å². The van der Waals surface area contributed by atoms with E-state index in [4.69, 9.17) is 4.74 Å². The van der Waals surface area contributed by atoms with Gasteiger partial charge in [-0.05, 0) is 13.3 Å². The first-order valence-electron chi connectivity index (χ1n) is 6.66. The third-order valence-corrected chi connectivity index (χ3v) is 3.30. The van der Waals surface area contributed by atoms with Crippen molar-refractivity contribution in [3.05, 3.63) is 0 Å². The summed E-state index contributed by atoms with van der Waals surface area (Å²) in [6.07, 6.45) is 2.36. The van der Waals surface area contributed by atoms with Crippen molar-refractivity contribution < 1.29 is 14.3 Å². The van der Waals surface area contributed by atoms with Crippen LogP contribution in [-0.2, 0) is 14.3 Å². The molecule has 5 heteroatoms. The molecule has 1 saturated heterocycles. The van der Waals surface area contributed by atoms with Gasteiger partial charge in [-0.2, -0.15) is 0 Å². The van der Waals surface area contributed by atoms with Gasteiger partial charge in [0.05, 0.1) is 18.6 Å². The van der Waals surface area contributed by atoms with E-state index < -0.39 is 0 Å². The lowest BCUT2D eigenvalue weighted by Crippen LogP contribution is -2.39. The van der Waals surface area contributed by atoms with Crippen molar-refractivity contribution in [1.29, 1.82) is 0 Å². The summed E-state index contributed by atoms with van der Waals surface area (Å²) in [6.45, 7) is 5.75. The second-order valence-corrected chi connectivity index (χ2v) is 4.90. The molecule has 1 N–H and O–H groups in total. The van der Waals surface area contributed by atoms with Crippen LogP contribution in [0, 0.1) is 5.92 Å². The molecule has 0 aliphatic carbocycles. The van der Waals surface area contributed by atoms with Crippen LogP contribution in [0.5, 0.6) is 0 Å². The number of unbranched alkanes of at least 4 members (excludes halogenated alkanes) is 1. The van der Waals surface area contributed by atoms with Crippen LogP contribution in [0.2, 0.25) is 0 Å². The zero-order valence-corrected chi connectivity index (χ0v) is 11.6. The summed E-state index contributed by atoms with van der Waals surface area (Å²) in [5.41, 5.74) is 0. The zero-order chi connectivity index (χ0) is 13.5. The first-order valence-corrected chi connectivity index (χ1v) is 6.66. The first kappa shape index (κ1) is 15.0. The minimum absolute atomic E-state index is 0.00363. The largest absolute Gasteiger partial charge is 0.383 e. The summed E-state index contributed by atoms with van der Waals surface area (Å²) in [4.78, 5) is 25.4. The lowest BCUT2D eigenvalue weighted by molar-refractivity contribution is -0.130. The molecule has 0 aromatic rings. The Hall–Kier alpha value is -1.10. The van der Waals surface area contributed by atoms with Crippen molar-refractivity contribution in [2.45, 2.75) is 39.2 Å². The average Bonchev–Trinajstić information content (AvgIpc) is 2.72. The Labute approximate surface area is 109 Å². The SMILES string of the molecule is CCCCNC(=O)[C@@H]1CC(=O)N([C@@H](C)COC)C1. The van der Waals surface area contributed by atoms with Crippen LogP contribution < -0.4 is 5.32 Å². The van der Waals surface area contributed by atoms with Crippen LogP contribution in [0.15, 0.2) is 0 Å². The molecular formula is C13H24N2O3. The average molecular weight is 256 g/mol. The Morgan fingerprint density at radius 1 is 1.61 bits per heavy atom. The van der Waals surface area contributed by atoms with E-state index >= 15 is 0 Å². The molecule has 0 aromatic carbocycles. The van der Waals surface area contributed by atoms with Crippen LogP contribution in [0.4, 0.5) is 0 Å². The topological polar surface area (TPSA) is 58.6 Å². The van der Waals surface area contributed by atoms with Gasteiger partial charge in [-0.1, -0.05) is 13.3 Å². The highest BCUT2D eigenvalue weighted by atomic mass is 16.5. The van der Waals surface area contributed by atoms with E-state index in [9.17, 15) is 9.59 Å². The number of amides is 2. The molecule has 1 aliphatic rings. The second kappa shape index (κ2) is 7.36. The number of carbonyl (C=O) groups excluding carboxylic acids is 2. The molecule has 1 fully saturated rings. The Kier molecular flexibility index (Phi) is 6.12. The molecule has 1 heterocycles. The lowest BCUT2D eigenvalue weighted by Gasteiger charge is -2.23. The van der Waals surface area contributed by atoms with Crippen molar-refractivity contribution in [3.8, 4) is 0 Å². The molecule has 0 saturated carbocycles. The number of methoxy groups -OCH3 is 1. The fourth-order valence-electron chi connectivity index (χ4n) is 2.20. The maximum Gasteiger partial charge on any atom is 0.225 e. The van der Waals surface area contributed by atoms with Gasteiger partial charge in [-0.25, -0.2) is 0 Å². The van der Waals surface area contributed by atoms with E-state index in [0.717, 1.165) is 12.8 Å². The van der Waals surface area contributed by atoms with E-state index in [1.165, 1.54) is 0 Å². The number of nitrogens with one attached hydrogen (secondary N) is 1. The van der Waals surface area contributed by atoms with Gasteiger partial charge in [0.1, 0.15) is 0 Å². The first-order chi connectivity index (χ1) is 8.60. The van der Waals surface area contributed by atoms with Gasteiger partial charge in [0.15, 0.2) is 0 Å². The molecule has 1 aliphatic heterocycles. The summed E-state index contributed by atoms with van der Waals surface area (Å²) >= 11 is 0. The van der Waals surface area contributed by atoms with Crippen LogP contribution in [0.25, 0.3) is 0 Å². The van der Waals surface area contributed by atoms with Crippen LogP contribution >= 0.6 is 0 Å². The molecular weight excluding hydrogens is 232 g/mol. The summed E-state index contributed by atoms with van der Waals surface area (Å²) in [5, 5.41) is 2.89. The molecule has 0 bridgehead atoms. The molecule has 18 heavy (non-hydrogen) atoms. The molecule has 2 atom stereocenters. The monoisotopic (exact) mass is 256 g/mol. The Morgan fingerprint density at radius 2 is 2.33 bits per heavy atom. The van der Waals surface area contributed by atoms with Gasteiger partial charge in [0.2, 0.25) is 11.8 Å². The quantitative estimate of drug-likeness (QED) is 0.685. The van der Waals surface area contributed by atoms with Crippen molar-refractivity contribution in [3.63, 3.8) is 0 Å². The van der Waals surface area contributed by atoms with Gasteiger partial charge in [0, 0.05) is 26.6 Å². The van der Waals surface area contributed by atoms with Crippen LogP contribution in [0.3, 0.4) is 0 Å². The second-order valence-electron chi connectivity index (χ2n) is 4.90. The van der Waals surface area contributed by atoms with Crippen molar-refractivity contribution in [1.82, 2.24) is 10.2 Å². The normalized spacial score (nSPS) is 21.2. The summed E-state index contributed by atoms with van der Waals surface area (Å²) in [6, 6.07) is 0.0379. The summed E-state index contributed by atoms with van der Waals surface area (Å²) < 4.78 is 5.05. The molecule has 0 radical (unpaired) electrons. The van der Waals surface area contributed by atoms with Gasteiger partial charge < -0.3 is 15.0 Å². The molecule has 104 valence electrons. The predicted octanol–water partition coefficient (Wildman–Crippen LogP) is 0.786. The minimum Gasteiger partial charge on any atom is -0.383 e. The number of rotatable bonds is 7. The lowest BCUT2D eigenvalue weighted by atomic mass is 10.1. The fourth-order valence-corrected chi connectivity index (χ4v) is 2.20. The third-order valence-electron chi connectivity index (χ3n) is 3.30. The minimum atomic E-state index is -0.200. The molecule has 0 aromatic heterocycles. The van der Waals surface area contributed by atoms with Crippen LogP contribution in [0.1, 0.15) is 33.1 Å². The van der Waals surface area contributed by atoms with Gasteiger partial charge in [-0.15, -0.1) is 0 Å². The van der Waals surface area contributed by atoms with Crippen molar-refractivity contribution in [2.75, 3.05) is 26.8 Å². The number of nitrogens with zero attached hydrogens (tertiary/aromatic N) is 1. The highest BCUT2D eigenvalue weighted by molar-refractivity contribution is 5.89. The fraction of sp³-hybridized carbons (Fsp3) is 0.846. The Balaban J connectivity index is 2.42. The maximum atomic E-state index is 11.9. The highest BCUT2D eigenvalue weighted by Gasteiger charge is 2.36. The van der Waals surface area contributed by atoms with Gasteiger partial charge >= 0.3 is 0 Å².